The van der Waals surface area contributed by atoms with Gasteiger partial charge in [-0.2, -0.15) is 0 Å². The Labute approximate surface area is 218 Å². The summed E-state index contributed by atoms with van der Waals surface area (Å²) in [6, 6.07) is 28.9. The van der Waals surface area contributed by atoms with E-state index in [1.165, 1.54) is 4.90 Å². The lowest BCUT2D eigenvalue weighted by Gasteiger charge is -2.35. The molecule has 0 spiro atoms. The topological polar surface area (TPSA) is 69.7 Å². The van der Waals surface area contributed by atoms with Crippen molar-refractivity contribution < 1.29 is 14.4 Å². The highest BCUT2D eigenvalue weighted by Crippen LogP contribution is 2.32. The summed E-state index contributed by atoms with van der Waals surface area (Å²) < 4.78 is 0. The van der Waals surface area contributed by atoms with E-state index in [2.05, 4.69) is 5.32 Å². The number of amides is 3. The smallest absolute Gasteiger partial charge is 0.251 e. The third kappa shape index (κ3) is 6.15. The Balaban J connectivity index is 1.58. The largest absolute Gasteiger partial charge is 0.345 e. The van der Waals surface area contributed by atoms with Crippen LogP contribution in [0.4, 0.5) is 0 Å². The molecule has 0 fully saturated rings. The van der Waals surface area contributed by atoms with Gasteiger partial charge in [0.25, 0.3) is 5.91 Å². The molecular formula is C31H33N3O3. The van der Waals surface area contributed by atoms with Crippen LogP contribution in [0.1, 0.15) is 42.5 Å². The molecule has 1 N–H and O–H groups in total. The van der Waals surface area contributed by atoms with Gasteiger partial charge in [0.1, 0.15) is 0 Å². The first kappa shape index (κ1) is 25.9. The predicted octanol–water partition coefficient (Wildman–Crippen LogP) is 4.69. The number of rotatable bonds is 8. The number of carbonyl (C=O) groups is 3. The average molecular weight is 496 g/mol. The van der Waals surface area contributed by atoms with Crippen molar-refractivity contribution in [3.05, 3.63) is 119 Å². The SMILES string of the molecule is CC1=C(C(=O)N(C)C)CC(CC(=O)NC(c2ccccc2)c2ccccc2)C(=O)N1Cc1ccccc1. The number of hydrogen-bond donors (Lipinski definition) is 1. The third-order valence-corrected chi connectivity index (χ3v) is 6.76. The summed E-state index contributed by atoms with van der Waals surface area (Å²) in [7, 11) is 3.40. The van der Waals surface area contributed by atoms with Gasteiger partial charge in [0, 0.05) is 31.8 Å². The van der Waals surface area contributed by atoms with Crippen molar-refractivity contribution in [2.24, 2.45) is 5.92 Å². The molecule has 0 saturated heterocycles. The molecule has 1 atom stereocenters. The van der Waals surface area contributed by atoms with Crippen LogP contribution >= 0.6 is 0 Å². The second-order valence-corrected chi connectivity index (χ2v) is 9.60. The molecular weight excluding hydrogens is 462 g/mol. The van der Waals surface area contributed by atoms with E-state index in [-0.39, 0.29) is 36.6 Å². The first-order chi connectivity index (χ1) is 17.8. The van der Waals surface area contributed by atoms with Crippen molar-refractivity contribution in [1.29, 1.82) is 0 Å². The fraction of sp³-hybridized carbons (Fsp3) is 0.258. The number of carbonyl (C=O) groups excluding carboxylic acids is 3. The van der Waals surface area contributed by atoms with E-state index in [1.807, 2.05) is 97.9 Å². The van der Waals surface area contributed by atoms with Gasteiger partial charge in [-0.1, -0.05) is 91.0 Å². The minimum Gasteiger partial charge on any atom is -0.345 e. The van der Waals surface area contributed by atoms with Gasteiger partial charge < -0.3 is 15.1 Å². The Kier molecular flexibility index (Phi) is 8.18. The molecule has 0 aromatic heterocycles. The van der Waals surface area contributed by atoms with Crippen LogP contribution in [-0.2, 0) is 20.9 Å². The van der Waals surface area contributed by atoms with Gasteiger partial charge in [-0.25, -0.2) is 0 Å². The maximum absolute atomic E-state index is 13.6. The van der Waals surface area contributed by atoms with Crippen molar-refractivity contribution in [2.45, 2.75) is 32.4 Å². The molecule has 37 heavy (non-hydrogen) atoms. The van der Waals surface area contributed by atoms with Gasteiger partial charge in [0.2, 0.25) is 11.8 Å². The van der Waals surface area contributed by atoms with Crippen LogP contribution in [0.25, 0.3) is 0 Å². The molecule has 3 aromatic carbocycles. The molecule has 6 heteroatoms. The van der Waals surface area contributed by atoms with Crippen molar-refractivity contribution >= 4 is 17.7 Å². The summed E-state index contributed by atoms with van der Waals surface area (Å²) in [6.45, 7) is 2.17. The maximum atomic E-state index is 13.6. The van der Waals surface area contributed by atoms with Crippen LogP contribution in [0.5, 0.6) is 0 Å². The molecule has 4 rings (SSSR count). The Morgan fingerprint density at radius 1 is 0.892 bits per heavy atom. The monoisotopic (exact) mass is 495 g/mol. The molecule has 0 radical (unpaired) electrons. The van der Waals surface area contributed by atoms with Crippen LogP contribution in [0.3, 0.4) is 0 Å². The highest BCUT2D eigenvalue weighted by atomic mass is 16.2. The van der Waals surface area contributed by atoms with Crippen molar-refractivity contribution in [1.82, 2.24) is 15.1 Å². The van der Waals surface area contributed by atoms with E-state index in [0.29, 0.717) is 17.8 Å². The lowest BCUT2D eigenvalue weighted by molar-refractivity contribution is -0.139. The minimum atomic E-state index is -0.626. The van der Waals surface area contributed by atoms with E-state index in [9.17, 15) is 14.4 Å². The van der Waals surface area contributed by atoms with Gasteiger partial charge >= 0.3 is 0 Å². The maximum Gasteiger partial charge on any atom is 0.251 e. The fourth-order valence-corrected chi connectivity index (χ4v) is 4.76. The molecule has 1 heterocycles. The molecule has 1 aliphatic heterocycles. The average Bonchev–Trinajstić information content (AvgIpc) is 2.92. The Hall–Kier alpha value is -4.19. The number of benzene rings is 3. The molecule has 3 aromatic rings. The fourth-order valence-electron chi connectivity index (χ4n) is 4.76. The molecule has 0 bridgehead atoms. The van der Waals surface area contributed by atoms with E-state index in [1.54, 1.807) is 19.0 Å². The lowest BCUT2D eigenvalue weighted by atomic mass is 9.88. The van der Waals surface area contributed by atoms with Gasteiger partial charge in [0.05, 0.1) is 18.5 Å². The predicted molar refractivity (Wildman–Crippen MR) is 144 cm³/mol. The Morgan fingerprint density at radius 2 is 1.41 bits per heavy atom. The molecule has 0 aliphatic carbocycles. The Bertz CT molecular complexity index is 1230. The van der Waals surface area contributed by atoms with Crippen molar-refractivity contribution in [2.75, 3.05) is 14.1 Å². The molecule has 190 valence electrons. The van der Waals surface area contributed by atoms with Gasteiger partial charge in [-0.3, -0.25) is 14.4 Å². The van der Waals surface area contributed by atoms with Gasteiger partial charge in [0.15, 0.2) is 0 Å². The first-order valence-electron chi connectivity index (χ1n) is 12.5. The van der Waals surface area contributed by atoms with Crippen LogP contribution < -0.4 is 5.32 Å². The zero-order valence-electron chi connectivity index (χ0n) is 21.6. The number of nitrogens with one attached hydrogen (secondary N) is 1. The van der Waals surface area contributed by atoms with Crippen LogP contribution in [0, 0.1) is 5.92 Å². The van der Waals surface area contributed by atoms with Crippen LogP contribution in [0.15, 0.2) is 102 Å². The van der Waals surface area contributed by atoms with Gasteiger partial charge in [-0.15, -0.1) is 0 Å². The molecule has 3 amide bonds. The van der Waals surface area contributed by atoms with E-state index < -0.39 is 5.92 Å². The quantitative estimate of drug-likeness (QED) is 0.493. The van der Waals surface area contributed by atoms with Crippen LogP contribution in [0.2, 0.25) is 0 Å². The number of nitrogens with zero attached hydrogens (tertiary/aromatic N) is 2. The first-order valence-corrected chi connectivity index (χ1v) is 12.5. The number of likely N-dealkylation sites (N-methyl/N-ethyl adjacent to an activating group) is 1. The number of hydrogen-bond acceptors (Lipinski definition) is 3. The van der Waals surface area contributed by atoms with E-state index >= 15 is 0 Å². The molecule has 0 saturated carbocycles. The summed E-state index contributed by atoms with van der Waals surface area (Å²) in [5.74, 6) is -1.13. The summed E-state index contributed by atoms with van der Waals surface area (Å²) in [6.07, 6.45) is 0.236. The summed E-state index contributed by atoms with van der Waals surface area (Å²) in [5.41, 5.74) is 4.10. The molecule has 1 unspecified atom stereocenters. The second kappa shape index (κ2) is 11.7. The number of allylic oxidation sites excluding steroid dienone is 1. The van der Waals surface area contributed by atoms with Crippen LogP contribution in [-0.4, -0.2) is 41.6 Å². The summed E-state index contributed by atoms with van der Waals surface area (Å²) in [5, 5.41) is 3.14. The zero-order chi connectivity index (χ0) is 26.4. The van der Waals surface area contributed by atoms with E-state index in [0.717, 1.165) is 16.7 Å². The minimum absolute atomic E-state index is 0.00220. The highest BCUT2D eigenvalue weighted by Gasteiger charge is 2.37. The second-order valence-electron chi connectivity index (χ2n) is 9.60. The van der Waals surface area contributed by atoms with Crippen molar-refractivity contribution in [3.8, 4) is 0 Å². The lowest BCUT2D eigenvalue weighted by Crippen LogP contribution is -2.43. The summed E-state index contributed by atoms with van der Waals surface area (Å²) in [4.78, 5) is 43.2. The highest BCUT2D eigenvalue weighted by molar-refractivity contribution is 5.98. The normalized spacial score (nSPS) is 15.6. The zero-order valence-corrected chi connectivity index (χ0v) is 21.6. The molecule has 6 nitrogen and oxygen atoms in total. The standard InChI is InChI=1S/C31H33N3O3/c1-22-27(31(37)33(2)3)19-26(30(36)34(22)21-23-13-7-4-8-14-23)20-28(35)32-29(24-15-9-5-10-16-24)25-17-11-6-12-18-25/h4-18,26,29H,19-21H2,1-3H3,(H,32,35). The van der Waals surface area contributed by atoms with Crippen molar-refractivity contribution in [3.63, 3.8) is 0 Å². The van der Waals surface area contributed by atoms with E-state index in [4.69, 9.17) is 0 Å². The van der Waals surface area contributed by atoms with Gasteiger partial charge in [-0.05, 0) is 30.0 Å². The third-order valence-electron chi connectivity index (χ3n) is 6.76. The summed E-state index contributed by atoms with van der Waals surface area (Å²) >= 11 is 0. The molecule has 1 aliphatic rings. The Morgan fingerprint density at radius 3 is 1.92 bits per heavy atom.